The van der Waals surface area contributed by atoms with E-state index >= 15 is 0 Å². The molecule has 3 unspecified atom stereocenters. The predicted molar refractivity (Wildman–Crippen MR) is 92.0 cm³/mol. The first-order valence-electron chi connectivity index (χ1n) is 9.18. The molecular weight excluding hydrogens is 343 g/mol. The molecule has 2 heterocycles. The first kappa shape index (κ1) is 18.0. The van der Waals surface area contributed by atoms with Crippen molar-refractivity contribution in [3.8, 4) is 11.5 Å². The molecule has 0 spiro atoms. The highest BCUT2D eigenvalue weighted by Crippen LogP contribution is 2.72. The fourth-order valence-corrected chi connectivity index (χ4v) is 5.48. The van der Waals surface area contributed by atoms with E-state index in [-0.39, 0.29) is 22.3 Å². The number of hydrogen-bond donors (Lipinski definition) is 1. The summed E-state index contributed by atoms with van der Waals surface area (Å²) in [5.41, 5.74) is 0.300. The van der Waals surface area contributed by atoms with Gasteiger partial charge in [-0.3, -0.25) is 0 Å². The molecule has 0 aromatic heterocycles. The lowest BCUT2D eigenvalue weighted by Crippen LogP contribution is -2.33. The first-order chi connectivity index (χ1) is 11.9. The summed E-state index contributed by atoms with van der Waals surface area (Å²) in [7, 11) is 0. The number of fused-ring (bicyclic) bond motifs is 2. The third kappa shape index (κ3) is 2.44. The first-order valence-corrected chi connectivity index (χ1v) is 9.18. The van der Waals surface area contributed by atoms with E-state index in [0.29, 0.717) is 17.4 Å². The van der Waals surface area contributed by atoms with Crippen LogP contribution in [0.4, 0.5) is 13.2 Å². The van der Waals surface area contributed by atoms with E-state index in [1.54, 1.807) is 0 Å². The molecule has 1 N–H and O–H groups in total. The highest BCUT2D eigenvalue weighted by molar-refractivity contribution is 5.48. The zero-order valence-corrected chi connectivity index (χ0v) is 15.9. The van der Waals surface area contributed by atoms with Gasteiger partial charge in [0.2, 0.25) is 0 Å². The van der Waals surface area contributed by atoms with E-state index in [9.17, 15) is 13.2 Å². The highest BCUT2D eigenvalue weighted by atomic mass is 19.3. The van der Waals surface area contributed by atoms with Crippen molar-refractivity contribution in [1.82, 2.24) is 5.32 Å². The van der Waals surface area contributed by atoms with E-state index in [1.807, 2.05) is 13.8 Å². The Bertz CT molecular complexity index is 756. The lowest BCUT2D eigenvalue weighted by Gasteiger charge is -2.34. The Morgan fingerprint density at radius 3 is 2.31 bits per heavy atom. The molecule has 1 saturated carbocycles. The summed E-state index contributed by atoms with van der Waals surface area (Å²) >= 11 is 0. The predicted octanol–water partition coefficient (Wildman–Crippen LogP) is 4.70. The van der Waals surface area contributed by atoms with Crippen molar-refractivity contribution in [2.45, 2.75) is 52.7 Å². The summed E-state index contributed by atoms with van der Waals surface area (Å²) in [5, 5.41) is 3.49. The van der Waals surface area contributed by atoms with Crippen LogP contribution in [0.15, 0.2) is 12.1 Å². The summed E-state index contributed by atoms with van der Waals surface area (Å²) in [4.78, 5) is 0. The lowest BCUT2D eigenvalue weighted by molar-refractivity contribution is -0.286. The molecule has 144 valence electrons. The van der Waals surface area contributed by atoms with Crippen molar-refractivity contribution in [2.75, 3.05) is 13.1 Å². The SMILES string of the molecule is CC(C)(CC1C2CNCC21C(C)(C)C)c1cc2c(cc1F)OC(F)(F)O2. The molecule has 2 fully saturated rings. The minimum Gasteiger partial charge on any atom is -0.395 e. The molecule has 1 saturated heterocycles. The Labute approximate surface area is 152 Å². The number of rotatable bonds is 3. The Balaban J connectivity index is 1.61. The largest absolute Gasteiger partial charge is 0.586 e. The maximum Gasteiger partial charge on any atom is 0.586 e. The molecule has 1 aliphatic carbocycles. The van der Waals surface area contributed by atoms with Crippen LogP contribution in [0.25, 0.3) is 0 Å². The van der Waals surface area contributed by atoms with Gasteiger partial charge in [-0.15, -0.1) is 8.78 Å². The number of piperidine rings is 1. The van der Waals surface area contributed by atoms with Gasteiger partial charge >= 0.3 is 6.29 Å². The second kappa shape index (κ2) is 5.09. The molecule has 1 aromatic carbocycles. The summed E-state index contributed by atoms with van der Waals surface area (Å²) in [6.07, 6.45) is -2.92. The number of nitrogens with one attached hydrogen (secondary N) is 1. The number of hydrogen-bond acceptors (Lipinski definition) is 3. The third-order valence-electron chi connectivity index (χ3n) is 6.83. The van der Waals surface area contributed by atoms with Crippen molar-refractivity contribution in [3.63, 3.8) is 0 Å². The highest BCUT2D eigenvalue weighted by Gasteiger charge is 2.71. The standard InChI is InChI=1S/C20H26F3NO2/c1-17(2,3)19-10-24-9-13(19)12(19)8-18(4,5)11-6-15-16(7-14(11)21)26-20(22,23)25-15/h6-7,12-13,24H,8-10H2,1-5H3. The van der Waals surface area contributed by atoms with Crippen LogP contribution in [0.2, 0.25) is 0 Å². The number of halogens is 3. The van der Waals surface area contributed by atoms with E-state index in [0.717, 1.165) is 25.6 Å². The normalized spacial score (nSPS) is 31.8. The molecule has 2 aliphatic heterocycles. The quantitative estimate of drug-likeness (QED) is 0.838. The van der Waals surface area contributed by atoms with Gasteiger partial charge in [-0.2, -0.15) is 0 Å². The molecular formula is C20H26F3NO2. The van der Waals surface area contributed by atoms with Crippen molar-refractivity contribution in [1.29, 1.82) is 0 Å². The summed E-state index contributed by atoms with van der Waals surface area (Å²) in [6.45, 7) is 12.7. The van der Waals surface area contributed by atoms with Crippen LogP contribution < -0.4 is 14.8 Å². The van der Waals surface area contributed by atoms with Crippen LogP contribution in [-0.4, -0.2) is 19.4 Å². The van der Waals surface area contributed by atoms with Gasteiger partial charge in [-0.25, -0.2) is 4.39 Å². The molecule has 0 amide bonds. The molecule has 26 heavy (non-hydrogen) atoms. The van der Waals surface area contributed by atoms with Crippen molar-refractivity contribution in [2.24, 2.45) is 22.7 Å². The van der Waals surface area contributed by atoms with Crippen LogP contribution in [-0.2, 0) is 5.41 Å². The Morgan fingerprint density at radius 1 is 1.12 bits per heavy atom. The van der Waals surface area contributed by atoms with Crippen molar-refractivity contribution < 1.29 is 22.6 Å². The smallest absolute Gasteiger partial charge is 0.395 e. The van der Waals surface area contributed by atoms with Gasteiger partial charge in [0.25, 0.3) is 0 Å². The third-order valence-corrected chi connectivity index (χ3v) is 6.83. The lowest BCUT2D eigenvalue weighted by atomic mass is 9.72. The molecule has 1 aromatic rings. The Kier molecular flexibility index (Phi) is 3.52. The van der Waals surface area contributed by atoms with Gasteiger partial charge in [-0.1, -0.05) is 34.6 Å². The van der Waals surface area contributed by atoms with Crippen LogP contribution in [0.5, 0.6) is 11.5 Å². The zero-order valence-electron chi connectivity index (χ0n) is 15.9. The van der Waals surface area contributed by atoms with E-state index in [4.69, 9.17) is 0 Å². The molecule has 3 aliphatic rings. The Hall–Kier alpha value is -1.43. The average Bonchev–Trinajstić information content (AvgIpc) is 2.82. The fourth-order valence-electron chi connectivity index (χ4n) is 5.48. The summed E-state index contributed by atoms with van der Waals surface area (Å²) in [5.74, 6) is 0.213. The number of benzene rings is 1. The van der Waals surface area contributed by atoms with Gasteiger partial charge in [0, 0.05) is 12.6 Å². The monoisotopic (exact) mass is 369 g/mol. The molecule has 6 heteroatoms. The zero-order chi connectivity index (χ0) is 19.1. The molecule has 3 nitrogen and oxygen atoms in total. The second-order valence-electron chi connectivity index (χ2n) is 9.67. The summed E-state index contributed by atoms with van der Waals surface area (Å²) < 4.78 is 50.1. The van der Waals surface area contributed by atoms with E-state index < -0.39 is 17.5 Å². The average molecular weight is 369 g/mol. The van der Waals surface area contributed by atoms with Crippen LogP contribution in [0, 0.1) is 28.5 Å². The fraction of sp³-hybridized carbons (Fsp3) is 0.700. The van der Waals surface area contributed by atoms with Gasteiger partial charge in [0.1, 0.15) is 5.82 Å². The number of alkyl halides is 2. The molecule has 3 atom stereocenters. The van der Waals surface area contributed by atoms with E-state index in [1.165, 1.54) is 6.07 Å². The van der Waals surface area contributed by atoms with Gasteiger partial charge in [0.15, 0.2) is 11.5 Å². The molecule has 0 radical (unpaired) electrons. The molecule has 4 rings (SSSR count). The van der Waals surface area contributed by atoms with Crippen LogP contribution in [0.1, 0.15) is 46.6 Å². The molecule has 0 bridgehead atoms. The van der Waals surface area contributed by atoms with E-state index in [2.05, 4.69) is 35.6 Å². The maximum atomic E-state index is 14.7. The van der Waals surface area contributed by atoms with Gasteiger partial charge < -0.3 is 14.8 Å². The number of ether oxygens (including phenoxy) is 2. The summed E-state index contributed by atoms with van der Waals surface area (Å²) in [6, 6.07) is 2.40. The van der Waals surface area contributed by atoms with Gasteiger partial charge in [0.05, 0.1) is 0 Å². The van der Waals surface area contributed by atoms with Crippen LogP contribution in [0.3, 0.4) is 0 Å². The second-order valence-corrected chi connectivity index (χ2v) is 9.67. The van der Waals surface area contributed by atoms with Crippen molar-refractivity contribution >= 4 is 0 Å². The minimum atomic E-state index is -3.73. The van der Waals surface area contributed by atoms with Crippen molar-refractivity contribution in [3.05, 3.63) is 23.5 Å². The van der Waals surface area contributed by atoms with Gasteiger partial charge in [-0.05, 0) is 52.7 Å². The minimum absolute atomic E-state index is 0.0948. The Morgan fingerprint density at radius 2 is 1.73 bits per heavy atom. The topological polar surface area (TPSA) is 30.5 Å². The van der Waals surface area contributed by atoms with Crippen LogP contribution >= 0.6 is 0 Å². The maximum absolute atomic E-state index is 14.7.